The zero-order valence-electron chi connectivity index (χ0n) is 10.9. The Morgan fingerprint density at radius 1 is 1.44 bits per heavy atom. The number of hydrogen-bond acceptors (Lipinski definition) is 3. The van der Waals surface area contributed by atoms with Crippen molar-refractivity contribution in [1.82, 2.24) is 0 Å². The summed E-state index contributed by atoms with van der Waals surface area (Å²) in [5.74, 6) is -0.584. The molecule has 0 aromatic heterocycles. The Hall–Kier alpha value is -1.35. The van der Waals surface area contributed by atoms with Crippen molar-refractivity contribution in [2.24, 2.45) is 0 Å². The molecule has 3 nitrogen and oxygen atoms in total. The van der Waals surface area contributed by atoms with Gasteiger partial charge in [-0.2, -0.15) is 0 Å². The Morgan fingerprint density at radius 3 is 2.50 bits per heavy atom. The van der Waals surface area contributed by atoms with Crippen LogP contribution in [0.4, 0.5) is 0 Å². The summed E-state index contributed by atoms with van der Waals surface area (Å²) in [5.41, 5.74) is -0.227. The highest BCUT2D eigenvalue weighted by molar-refractivity contribution is 5.70. The van der Waals surface area contributed by atoms with E-state index in [1.54, 1.807) is 51.1 Å². The Kier molecular flexibility index (Phi) is 3.57. The van der Waals surface area contributed by atoms with Crippen LogP contribution in [-0.4, -0.2) is 16.7 Å². The quantitative estimate of drug-likeness (QED) is 0.801. The molecule has 0 saturated heterocycles. The predicted molar refractivity (Wildman–Crippen MR) is 61.9 cm³/mol. The van der Waals surface area contributed by atoms with Gasteiger partial charge in [0.1, 0.15) is 5.60 Å². The summed E-state index contributed by atoms with van der Waals surface area (Å²) in [6, 6.07) is 8.43. The van der Waals surface area contributed by atoms with Crippen LogP contribution in [-0.2, 0) is 9.53 Å². The Balaban J connectivity index is 2.71. The fourth-order valence-electron chi connectivity index (χ4n) is 1.25. The van der Waals surface area contributed by atoms with E-state index in [1.165, 1.54) is 0 Å². The van der Waals surface area contributed by atoms with E-state index in [1.807, 2.05) is 0 Å². The second kappa shape index (κ2) is 5.12. The molecule has 3 heteroatoms. The smallest absolute Gasteiger partial charge is 0.309 e. The highest BCUT2D eigenvalue weighted by Crippen LogP contribution is 2.18. The minimum absolute atomic E-state index is 0.380. The Bertz CT molecular complexity index is 379. The maximum atomic E-state index is 11.5. The fraction of sp³-hybridized carbons (Fsp3) is 0.462. The first-order valence-electron chi connectivity index (χ1n) is 5.70. The van der Waals surface area contributed by atoms with Gasteiger partial charge in [-0.05, 0) is 26.3 Å². The van der Waals surface area contributed by atoms with Gasteiger partial charge in [0.05, 0.1) is 13.9 Å². The second-order valence-electron chi connectivity index (χ2n) is 4.58. The normalized spacial score (nSPS) is 16.1. The lowest BCUT2D eigenvalue weighted by Gasteiger charge is -2.20. The van der Waals surface area contributed by atoms with Crippen molar-refractivity contribution < 1.29 is 16.0 Å². The highest BCUT2D eigenvalue weighted by Gasteiger charge is 2.19. The van der Waals surface area contributed by atoms with Crippen molar-refractivity contribution >= 4 is 5.97 Å². The summed E-state index contributed by atoms with van der Waals surface area (Å²) >= 11 is 0. The largest absolute Gasteiger partial charge is 0.460 e. The van der Waals surface area contributed by atoms with Crippen molar-refractivity contribution in [3.63, 3.8) is 0 Å². The van der Waals surface area contributed by atoms with E-state index in [4.69, 9.17) is 6.11 Å². The number of carbonyl (C=O) groups excluding carboxylic acids is 1. The number of carbonyl (C=O) groups is 1. The molecule has 0 amide bonds. The summed E-state index contributed by atoms with van der Waals surface area (Å²) in [7, 11) is 0. The molecule has 0 radical (unpaired) electrons. The van der Waals surface area contributed by atoms with Gasteiger partial charge in [0, 0.05) is 0 Å². The maximum absolute atomic E-state index is 11.5. The molecule has 0 fully saturated rings. The molecule has 16 heavy (non-hydrogen) atoms. The molecule has 0 saturated carbocycles. The molecule has 0 aliphatic rings. The topological polar surface area (TPSA) is 46.5 Å². The van der Waals surface area contributed by atoms with E-state index in [9.17, 15) is 9.90 Å². The Morgan fingerprint density at radius 2 is 2.00 bits per heavy atom. The highest BCUT2D eigenvalue weighted by atomic mass is 16.6. The average molecular weight is 223 g/mol. The van der Waals surface area contributed by atoms with Crippen LogP contribution >= 0.6 is 0 Å². The molecule has 0 bridgehead atoms. The molecule has 0 aliphatic carbocycles. The predicted octanol–water partition coefficient (Wildman–Crippen LogP) is 2.45. The monoisotopic (exact) mass is 223 g/mol. The second-order valence-corrected chi connectivity index (χ2v) is 4.58. The first-order chi connectivity index (χ1) is 7.71. The molecular weight excluding hydrogens is 204 g/mol. The average Bonchev–Trinajstić information content (AvgIpc) is 2.15. The van der Waals surface area contributed by atoms with Crippen molar-refractivity contribution in [3.05, 3.63) is 35.9 Å². The summed E-state index contributed by atoms with van der Waals surface area (Å²) in [6.45, 7) is 5.24. The molecule has 1 aromatic carbocycles. The van der Waals surface area contributed by atoms with Crippen molar-refractivity contribution in [1.29, 1.82) is 0 Å². The molecular formula is C13H18O3. The van der Waals surface area contributed by atoms with Crippen LogP contribution in [0.15, 0.2) is 30.3 Å². The third-order valence-electron chi connectivity index (χ3n) is 1.84. The number of aliphatic hydroxyl groups is 1. The van der Waals surface area contributed by atoms with E-state index in [0.717, 1.165) is 0 Å². The van der Waals surface area contributed by atoms with Gasteiger partial charge in [0.2, 0.25) is 0 Å². The van der Waals surface area contributed by atoms with Gasteiger partial charge in [-0.25, -0.2) is 0 Å². The standard InChI is InChI=1S/C13H18O3/c1-13(2,3)16-12(15)9-11(14)10-7-5-4-6-8-10/h4-8,11,14H,9H2,1-3H3/t11-/m1/s1/i11D. The first kappa shape index (κ1) is 11.1. The molecule has 1 N–H and O–H groups in total. The van der Waals surface area contributed by atoms with Crippen molar-refractivity contribution in [2.45, 2.75) is 38.9 Å². The van der Waals surface area contributed by atoms with Crippen LogP contribution in [0.25, 0.3) is 0 Å². The molecule has 88 valence electrons. The molecule has 0 spiro atoms. The summed E-state index contributed by atoms with van der Waals surface area (Å²) < 4.78 is 12.8. The van der Waals surface area contributed by atoms with Crippen LogP contribution < -0.4 is 0 Å². The van der Waals surface area contributed by atoms with Crippen molar-refractivity contribution in [2.75, 3.05) is 0 Å². The van der Waals surface area contributed by atoms with Crippen molar-refractivity contribution in [3.8, 4) is 0 Å². The third-order valence-corrected chi connectivity index (χ3v) is 1.84. The van der Waals surface area contributed by atoms with Gasteiger partial charge in [-0.1, -0.05) is 30.3 Å². The van der Waals surface area contributed by atoms with Crippen LogP contribution in [0, 0.1) is 0 Å². The lowest BCUT2D eigenvalue weighted by molar-refractivity contribution is -0.157. The number of rotatable bonds is 3. The number of esters is 1. The number of benzene rings is 1. The van der Waals surface area contributed by atoms with E-state index >= 15 is 0 Å². The zero-order chi connectivity index (χ0) is 13.1. The minimum Gasteiger partial charge on any atom is -0.460 e. The van der Waals surface area contributed by atoms with Crippen LogP contribution in [0.2, 0.25) is 0 Å². The van der Waals surface area contributed by atoms with Gasteiger partial charge in [0.25, 0.3) is 0 Å². The zero-order valence-corrected chi connectivity index (χ0v) is 9.86. The maximum Gasteiger partial charge on any atom is 0.309 e. The fourth-order valence-corrected chi connectivity index (χ4v) is 1.25. The SMILES string of the molecule is [2H][C@@](O)(CC(=O)OC(C)(C)C)c1ccccc1. The first-order valence-corrected chi connectivity index (χ1v) is 5.20. The molecule has 0 aliphatic heterocycles. The van der Waals surface area contributed by atoms with E-state index in [2.05, 4.69) is 0 Å². The number of hydrogen-bond donors (Lipinski definition) is 1. The van der Waals surface area contributed by atoms with E-state index in [0.29, 0.717) is 5.56 Å². The van der Waals surface area contributed by atoms with Gasteiger partial charge in [0.15, 0.2) is 0 Å². The minimum atomic E-state index is -1.94. The molecule has 1 rings (SSSR count). The van der Waals surface area contributed by atoms with Crippen LogP contribution in [0.1, 0.15) is 40.2 Å². The van der Waals surface area contributed by atoms with E-state index in [-0.39, 0.29) is 6.42 Å². The van der Waals surface area contributed by atoms with Crippen LogP contribution in [0.3, 0.4) is 0 Å². The Labute approximate surface area is 97.5 Å². The molecule has 1 atom stereocenters. The lowest BCUT2D eigenvalue weighted by atomic mass is 10.1. The molecule has 0 heterocycles. The van der Waals surface area contributed by atoms with Gasteiger partial charge < -0.3 is 9.84 Å². The van der Waals surface area contributed by atoms with E-state index < -0.39 is 17.7 Å². The van der Waals surface area contributed by atoms with Gasteiger partial charge in [-0.3, -0.25) is 4.79 Å². The molecule has 1 aromatic rings. The summed E-state index contributed by atoms with van der Waals surface area (Å²) in [5, 5.41) is 9.92. The summed E-state index contributed by atoms with van der Waals surface area (Å²) in [4.78, 5) is 11.5. The van der Waals surface area contributed by atoms with Gasteiger partial charge in [-0.15, -0.1) is 0 Å². The van der Waals surface area contributed by atoms with Gasteiger partial charge >= 0.3 is 5.97 Å². The molecule has 0 unspecified atom stereocenters. The number of ether oxygens (including phenoxy) is 1. The van der Waals surface area contributed by atoms with Crippen LogP contribution in [0.5, 0.6) is 0 Å². The summed E-state index contributed by atoms with van der Waals surface area (Å²) in [6.07, 6.45) is -2.32. The third kappa shape index (κ3) is 4.45. The lowest BCUT2D eigenvalue weighted by Crippen LogP contribution is -2.24.